The van der Waals surface area contributed by atoms with Gasteiger partial charge in [0.15, 0.2) is 11.6 Å². The zero-order valence-corrected chi connectivity index (χ0v) is 18.0. The molecule has 0 bridgehead atoms. The van der Waals surface area contributed by atoms with Crippen molar-refractivity contribution in [2.45, 2.75) is 20.3 Å². The highest BCUT2D eigenvalue weighted by Crippen LogP contribution is 2.32. The number of methoxy groups -OCH3 is 1. The predicted molar refractivity (Wildman–Crippen MR) is 117 cm³/mol. The van der Waals surface area contributed by atoms with Gasteiger partial charge in [0.25, 0.3) is 5.78 Å². The first kappa shape index (κ1) is 20.6. The van der Waals surface area contributed by atoms with Gasteiger partial charge < -0.3 is 14.8 Å². The van der Waals surface area contributed by atoms with E-state index in [9.17, 15) is 4.79 Å². The topological polar surface area (TPSA) is 90.6 Å². The Morgan fingerprint density at radius 1 is 1.06 bits per heavy atom. The number of hydrogen-bond acceptors (Lipinski definition) is 6. The summed E-state index contributed by atoms with van der Waals surface area (Å²) in [6.45, 7) is 3.80. The molecule has 0 aliphatic heterocycles. The maximum atomic E-state index is 12.7. The molecule has 0 fully saturated rings. The highest BCUT2D eigenvalue weighted by Gasteiger charge is 2.15. The van der Waals surface area contributed by atoms with E-state index in [2.05, 4.69) is 20.4 Å². The standard InChI is InChI=1S/C22H20ClN5O3/c1-13-10-14(2)28-22(24-13)26-20(27-28)12-21(29)25-18-11-15(23)4-9-19(18)31-17-7-5-16(30-3)6-8-17/h4-11H,12H2,1-3H3,(H,25,29). The number of ether oxygens (including phenoxy) is 2. The number of hydrogen-bond donors (Lipinski definition) is 1. The molecule has 0 saturated heterocycles. The average Bonchev–Trinajstić information content (AvgIpc) is 3.13. The Labute approximate surface area is 183 Å². The fourth-order valence-corrected chi connectivity index (χ4v) is 3.25. The van der Waals surface area contributed by atoms with Crippen LogP contribution in [0.25, 0.3) is 5.78 Å². The van der Waals surface area contributed by atoms with Crippen molar-refractivity contribution in [3.05, 3.63) is 70.8 Å². The molecule has 1 N–H and O–H groups in total. The number of carbonyl (C=O) groups is 1. The van der Waals surface area contributed by atoms with Crippen LogP contribution in [-0.2, 0) is 11.2 Å². The summed E-state index contributed by atoms with van der Waals surface area (Å²) in [6, 6.07) is 14.0. The van der Waals surface area contributed by atoms with Gasteiger partial charge in [-0.25, -0.2) is 9.50 Å². The van der Waals surface area contributed by atoms with Gasteiger partial charge in [0.05, 0.1) is 19.2 Å². The molecule has 0 aliphatic rings. The highest BCUT2D eigenvalue weighted by atomic mass is 35.5. The predicted octanol–water partition coefficient (Wildman–Crippen LogP) is 4.38. The second kappa shape index (κ2) is 8.61. The van der Waals surface area contributed by atoms with Gasteiger partial charge in [-0.15, -0.1) is 5.10 Å². The minimum absolute atomic E-state index is 0.0175. The molecule has 2 aromatic carbocycles. The third-order valence-corrected chi connectivity index (χ3v) is 4.72. The zero-order valence-electron chi connectivity index (χ0n) is 17.2. The molecule has 2 heterocycles. The number of halogens is 1. The third-order valence-electron chi connectivity index (χ3n) is 4.48. The number of nitrogens with zero attached hydrogens (tertiary/aromatic N) is 4. The summed E-state index contributed by atoms with van der Waals surface area (Å²) in [7, 11) is 1.60. The number of benzene rings is 2. The Morgan fingerprint density at radius 3 is 2.55 bits per heavy atom. The van der Waals surface area contributed by atoms with Gasteiger partial charge in [0.2, 0.25) is 5.91 Å². The Hall–Kier alpha value is -3.65. The number of rotatable bonds is 6. The Morgan fingerprint density at radius 2 is 1.81 bits per heavy atom. The average molecular weight is 438 g/mol. The van der Waals surface area contributed by atoms with E-state index in [-0.39, 0.29) is 12.3 Å². The molecule has 0 aliphatic carbocycles. The molecule has 4 aromatic rings. The van der Waals surface area contributed by atoms with Gasteiger partial charge in [-0.3, -0.25) is 4.79 Å². The van der Waals surface area contributed by atoms with Crippen molar-refractivity contribution in [3.63, 3.8) is 0 Å². The molecule has 8 nitrogen and oxygen atoms in total. The Balaban J connectivity index is 1.52. The van der Waals surface area contributed by atoms with E-state index >= 15 is 0 Å². The first-order chi connectivity index (χ1) is 14.9. The van der Waals surface area contributed by atoms with Crippen molar-refractivity contribution >= 4 is 29.0 Å². The lowest BCUT2D eigenvalue weighted by atomic mass is 10.2. The van der Waals surface area contributed by atoms with E-state index in [1.807, 2.05) is 19.9 Å². The SMILES string of the molecule is COc1ccc(Oc2ccc(Cl)cc2NC(=O)Cc2nc3nc(C)cc(C)n3n2)cc1. The van der Waals surface area contributed by atoms with Crippen molar-refractivity contribution < 1.29 is 14.3 Å². The van der Waals surface area contributed by atoms with Crippen LogP contribution in [0.2, 0.25) is 5.02 Å². The minimum Gasteiger partial charge on any atom is -0.497 e. The second-order valence-corrected chi connectivity index (χ2v) is 7.36. The van der Waals surface area contributed by atoms with Crippen molar-refractivity contribution in [1.29, 1.82) is 0 Å². The number of fused-ring (bicyclic) bond motifs is 1. The Bertz CT molecular complexity index is 1250. The van der Waals surface area contributed by atoms with E-state index < -0.39 is 0 Å². The summed E-state index contributed by atoms with van der Waals surface area (Å²) in [5.74, 6) is 2.31. The molecular weight excluding hydrogens is 418 g/mol. The first-order valence-corrected chi connectivity index (χ1v) is 9.90. The van der Waals surface area contributed by atoms with Crippen LogP contribution in [-0.4, -0.2) is 32.6 Å². The number of carbonyl (C=O) groups excluding carboxylic acids is 1. The molecule has 9 heteroatoms. The Kier molecular flexibility index (Phi) is 5.73. The maximum absolute atomic E-state index is 12.7. The van der Waals surface area contributed by atoms with Crippen LogP contribution >= 0.6 is 11.6 Å². The van der Waals surface area contributed by atoms with Gasteiger partial charge in [-0.1, -0.05) is 11.6 Å². The maximum Gasteiger partial charge on any atom is 0.252 e. The monoisotopic (exact) mass is 437 g/mol. The molecule has 0 saturated carbocycles. The van der Waals surface area contributed by atoms with Gasteiger partial charge in [0, 0.05) is 16.4 Å². The van der Waals surface area contributed by atoms with Gasteiger partial charge in [-0.2, -0.15) is 4.98 Å². The summed E-state index contributed by atoms with van der Waals surface area (Å²) in [6.07, 6.45) is -0.0175. The lowest BCUT2D eigenvalue weighted by Gasteiger charge is -2.13. The fraction of sp³-hybridized carbons (Fsp3) is 0.182. The molecule has 0 radical (unpaired) electrons. The summed E-state index contributed by atoms with van der Waals surface area (Å²) in [4.78, 5) is 21.4. The number of anilines is 1. The summed E-state index contributed by atoms with van der Waals surface area (Å²) in [5, 5.41) is 7.67. The molecule has 4 rings (SSSR count). The van der Waals surface area contributed by atoms with Gasteiger partial charge >= 0.3 is 0 Å². The van der Waals surface area contributed by atoms with Crippen LogP contribution in [0.3, 0.4) is 0 Å². The molecule has 2 aromatic heterocycles. The zero-order chi connectivity index (χ0) is 22.0. The molecule has 158 valence electrons. The second-order valence-electron chi connectivity index (χ2n) is 6.92. The van der Waals surface area contributed by atoms with E-state index in [4.69, 9.17) is 21.1 Å². The minimum atomic E-state index is -0.299. The van der Waals surface area contributed by atoms with Crippen LogP contribution < -0.4 is 14.8 Å². The van der Waals surface area contributed by atoms with Crippen LogP contribution in [0, 0.1) is 13.8 Å². The number of aromatic nitrogens is 4. The summed E-state index contributed by atoms with van der Waals surface area (Å²) in [5.41, 5.74) is 2.18. The molecule has 0 spiro atoms. The van der Waals surface area contributed by atoms with Crippen LogP contribution in [0.1, 0.15) is 17.2 Å². The number of aryl methyl sites for hydroxylation is 2. The van der Waals surface area contributed by atoms with Crippen molar-refractivity contribution in [1.82, 2.24) is 19.6 Å². The van der Waals surface area contributed by atoms with Crippen LogP contribution in [0.4, 0.5) is 5.69 Å². The van der Waals surface area contributed by atoms with Crippen LogP contribution in [0.5, 0.6) is 17.2 Å². The molecule has 0 atom stereocenters. The number of amides is 1. The quantitative estimate of drug-likeness (QED) is 0.481. The van der Waals surface area contributed by atoms with Crippen molar-refractivity contribution in [3.8, 4) is 17.2 Å². The van der Waals surface area contributed by atoms with Gasteiger partial charge in [0.1, 0.15) is 11.5 Å². The molecule has 1 amide bonds. The van der Waals surface area contributed by atoms with Crippen LogP contribution in [0.15, 0.2) is 48.5 Å². The van der Waals surface area contributed by atoms with E-state index in [1.165, 1.54) is 0 Å². The third kappa shape index (κ3) is 4.75. The van der Waals surface area contributed by atoms with Crippen molar-refractivity contribution in [2.24, 2.45) is 0 Å². The molecule has 0 unspecified atom stereocenters. The normalized spacial score (nSPS) is 10.8. The first-order valence-electron chi connectivity index (χ1n) is 9.52. The molecule has 31 heavy (non-hydrogen) atoms. The summed E-state index contributed by atoms with van der Waals surface area (Å²) < 4.78 is 12.7. The summed E-state index contributed by atoms with van der Waals surface area (Å²) >= 11 is 6.13. The van der Waals surface area contributed by atoms with E-state index in [1.54, 1.807) is 54.1 Å². The van der Waals surface area contributed by atoms with Gasteiger partial charge in [-0.05, 0) is 62.4 Å². The fourth-order valence-electron chi connectivity index (χ4n) is 3.08. The lowest BCUT2D eigenvalue weighted by Crippen LogP contribution is -2.16. The largest absolute Gasteiger partial charge is 0.497 e. The van der Waals surface area contributed by atoms with E-state index in [0.717, 1.165) is 17.1 Å². The lowest BCUT2D eigenvalue weighted by molar-refractivity contribution is -0.115. The number of nitrogens with one attached hydrogen (secondary N) is 1. The highest BCUT2D eigenvalue weighted by molar-refractivity contribution is 6.31. The molecular formula is C22H20ClN5O3. The van der Waals surface area contributed by atoms with E-state index in [0.29, 0.717) is 33.8 Å². The van der Waals surface area contributed by atoms with Crippen molar-refractivity contribution in [2.75, 3.05) is 12.4 Å². The smallest absolute Gasteiger partial charge is 0.252 e.